The first kappa shape index (κ1) is 19.1. The van der Waals surface area contributed by atoms with Gasteiger partial charge in [-0.1, -0.05) is 33.1 Å². The van der Waals surface area contributed by atoms with Crippen LogP contribution in [0.5, 0.6) is 5.75 Å². The summed E-state index contributed by atoms with van der Waals surface area (Å²) in [4.78, 5) is 10.9. The van der Waals surface area contributed by atoms with Crippen molar-refractivity contribution in [2.45, 2.75) is 56.1 Å². The SMILES string of the molecule is CC1CCCC(C)C1COc1ccc(C(N)=O)c(F)c1S(=O)(=O)C1CC1. The molecule has 2 aliphatic rings. The molecule has 0 aromatic heterocycles. The van der Waals surface area contributed by atoms with Crippen LogP contribution in [0.2, 0.25) is 0 Å². The number of carbonyl (C=O) groups excluding carboxylic acids is 1. The average molecular weight is 383 g/mol. The van der Waals surface area contributed by atoms with Gasteiger partial charge in [0.05, 0.1) is 17.4 Å². The van der Waals surface area contributed by atoms with Crippen molar-refractivity contribution in [1.29, 1.82) is 0 Å². The maximum absolute atomic E-state index is 14.8. The zero-order valence-electron chi connectivity index (χ0n) is 15.2. The van der Waals surface area contributed by atoms with Crippen LogP contribution in [0, 0.1) is 23.6 Å². The monoisotopic (exact) mass is 383 g/mol. The molecule has 2 aliphatic carbocycles. The molecular formula is C19H26FNO4S. The number of primary amides is 1. The van der Waals surface area contributed by atoms with E-state index in [1.54, 1.807) is 0 Å². The van der Waals surface area contributed by atoms with Gasteiger partial charge in [0.15, 0.2) is 15.7 Å². The van der Waals surface area contributed by atoms with Crippen molar-refractivity contribution in [3.63, 3.8) is 0 Å². The first-order chi connectivity index (χ1) is 12.2. The van der Waals surface area contributed by atoms with Crippen molar-refractivity contribution in [3.8, 4) is 5.75 Å². The summed E-state index contributed by atoms with van der Waals surface area (Å²) in [5, 5.41) is -0.602. The third kappa shape index (κ3) is 3.59. The highest BCUT2D eigenvalue weighted by atomic mass is 32.2. The second-order valence-corrected chi connectivity index (χ2v) is 9.89. The Morgan fingerprint density at radius 2 is 1.81 bits per heavy atom. The summed E-state index contributed by atoms with van der Waals surface area (Å²) >= 11 is 0. The van der Waals surface area contributed by atoms with Crippen molar-refractivity contribution in [3.05, 3.63) is 23.5 Å². The molecule has 3 rings (SSSR count). The smallest absolute Gasteiger partial charge is 0.251 e. The molecular weight excluding hydrogens is 357 g/mol. The van der Waals surface area contributed by atoms with Crippen LogP contribution in [-0.2, 0) is 9.84 Å². The molecule has 2 unspecified atom stereocenters. The quantitative estimate of drug-likeness (QED) is 0.816. The van der Waals surface area contributed by atoms with Crippen LogP contribution in [0.15, 0.2) is 17.0 Å². The van der Waals surface area contributed by atoms with Crippen LogP contribution in [0.1, 0.15) is 56.3 Å². The predicted octanol–water partition coefficient (Wildman–Crippen LogP) is 3.31. The lowest BCUT2D eigenvalue weighted by atomic mass is 9.74. The van der Waals surface area contributed by atoms with Crippen LogP contribution in [0.3, 0.4) is 0 Å². The van der Waals surface area contributed by atoms with Crippen molar-refractivity contribution in [1.82, 2.24) is 0 Å². The van der Waals surface area contributed by atoms with Crippen molar-refractivity contribution in [2.75, 3.05) is 6.61 Å². The third-order valence-electron chi connectivity index (χ3n) is 5.79. The van der Waals surface area contributed by atoms with Gasteiger partial charge in [0.2, 0.25) is 0 Å². The molecule has 2 fully saturated rings. The standard InChI is InChI=1S/C19H26FNO4S/c1-11-4-3-5-12(2)15(11)10-25-16-9-8-14(19(21)22)17(20)18(16)26(23,24)13-6-7-13/h8-9,11-13,15H,3-7,10H2,1-2H3,(H2,21,22). The van der Waals surface area contributed by atoms with E-state index in [2.05, 4.69) is 13.8 Å². The highest BCUT2D eigenvalue weighted by molar-refractivity contribution is 7.92. The summed E-state index contributed by atoms with van der Waals surface area (Å²) in [5.74, 6) is -0.861. The van der Waals surface area contributed by atoms with E-state index in [1.165, 1.54) is 18.6 Å². The molecule has 2 saturated carbocycles. The highest BCUT2D eigenvalue weighted by Gasteiger charge is 2.41. The summed E-state index contributed by atoms with van der Waals surface area (Å²) < 4.78 is 46.1. The van der Waals surface area contributed by atoms with Gasteiger partial charge in [-0.25, -0.2) is 12.8 Å². The normalized spacial score (nSPS) is 26.5. The van der Waals surface area contributed by atoms with Crippen LogP contribution < -0.4 is 10.5 Å². The van der Waals surface area contributed by atoms with Gasteiger partial charge in [-0.3, -0.25) is 4.79 Å². The molecule has 1 aromatic rings. The van der Waals surface area contributed by atoms with Crippen molar-refractivity contribution >= 4 is 15.7 Å². The second-order valence-electron chi connectivity index (χ2n) is 7.72. The molecule has 1 aromatic carbocycles. The van der Waals surface area contributed by atoms with Gasteiger partial charge in [-0.05, 0) is 42.7 Å². The first-order valence-corrected chi connectivity index (χ1v) is 10.8. The number of halogens is 1. The average Bonchev–Trinajstić information content (AvgIpc) is 3.39. The van der Waals surface area contributed by atoms with E-state index in [0.29, 0.717) is 37.2 Å². The number of ether oxygens (including phenoxy) is 1. The zero-order chi connectivity index (χ0) is 19.1. The van der Waals surface area contributed by atoms with E-state index in [4.69, 9.17) is 10.5 Å². The second kappa shape index (κ2) is 7.18. The molecule has 7 heteroatoms. The van der Waals surface area contributed by atoms with Crippen LogP contribution >= 0.6 is 0 Å². The third-order valence-corrected chi connectivity index (χ3v) is 8.08. The first-order valence-electron chi connectivity index (χ1n) is 9.22. The lowest BCUT2D eigenvalue weighted by Crippen LogP contribution is -2.30. The van der Waals surface area contributed by atoms with Gasteiger partial charge in [-0.15, -0.1) is 0 Å². The molecule has 1 amide bonds. The fourth-order valence-electron chi connectivity index (χ4n) is 3.92. The fourth-order valence-corrected chi connectivity index (χ4v) is 5.77. The molecule has 0 saturated heterocycles. The zero-order valence-corrected chi connectivity index (χ0v) is 16.0. The van der Waals surface area contributed by atoms with Gasteiger partial charge in [0.1, 0.15) is 10.6 Å². The largest absolute Gasteiger partial charge is 0.492 e. The summed E-state index contributed by atoms with van der Waals surface area (Å²) in [7, 11) is -3.87. The molecule has 0 bridgehead atoms. The number of sulfone groups is 1. The molecule has 26 heavy (non-hydrogen) atoms. The maximum Gasteiger partial charge on any atom is 0.251 e. The number of nitrogens with two attached hydrogens (primary N) is 1. The Balaban J connectivity index is 1.93. The topological polar surface area (TPSA) is 86.5 Å². The number of benzene rings is 1. The Morgan fingerprint density at radius 3 is 2.35 bits per heavy atom. The summed E-state index contributed by atoms with van der Waals surface area (Å²) in [6.07, 6.45) is 4.40. The fraction of sp³-hybridized carbons (Fsp3) is 0.632. The molecule has 0 spiro atoms. The van der Waals surface area contributed by atoms with Gasteiger partial charge < -0.3 is 10.5 Å². The van der Waals surface area contributed by atoms with E-state index in [-0.39, 0.29) is 5.75 Å². The molecule has 2 N–H and O–H groups in total. The minimum Gasteiger partial charge on any atom is -0.492 e. The lowest BCUT2D eigenvalue weighted by Gasteiger charge is -2.34. The minimum absolute atomic E-state index is 0.00984. The van der Waals surface area contributed by atoms with Gasteiger partial charge in [0.25, 0.3) is 5.91 Å². The molecule has 0 aliphatic heterocycles. The number of hydrogen-bond acceptors (Lipinski definition) is 4. The maximum atomic E-state index is 14.8. The molecule has 0 radical (unpaired) electrons. The van der Waals surface area contributed by atoms with E-state index in [9.17, 15) is 17.6 Å². The van der Waals surface area contributed by atoms with E-state index in [1.807, 2.05) is 0 Å². The van der Waals surface area contributed by atoms with E-state index >= 15 is 0 Å². The van der Waals surface area contributed by atoms with E-state index in [0.717, 1.165) is 12.8 Å². The number of amides is 1. The molecule has 2 atom stereocenters. The van der Waals surface area contributed by atoms with Crippen molar-refractivity contribution < 1.29 is 22.3 Å². The lowest BCUT2D eigenvalue weighted by molar-refractivity contribution is 0.0994. The number of hydrogen-bond donors (Lipinski definition) is 1. The Bertz CT molecular complexity index is 794. The minimum atomic E-state index is -3.87. The van der Waals surface area contributed by atoms with Crippen LogP contribution in [-0.4, -0.2) is 26.2 Å². The summed E-state index contributed by atoms with van der Waals surface area (Å²) in [6, 6.07) is 2.56. The summed E-state index contributed by atoms with van der Waals surface area (Å²) in [6.45, 7) is 4.68. The molecule has 0 heterocycles. The Kier molecular flexibility index (Phi) is 5.28. The summed E-state index contributed by atoms with van der Waals surface area (Å²) in [5.41, 5.74) is 4.76. The van der Waals surface area contributed by atoms with Crippen molar-refractivity contribution in [2.24, 2.45) is 23.5 Å². The van der Waals surface area contributed by atoms with Crippen LogP contribution in [0.25, 0.3) is 0 Å². The van der Waals surface area contributed by atoms with Gasteiger partial charge >= 0.3 is 0 Å². The number of carbonyl (C=O) groups is 1. The highest BCUT2D eigenvalue weighted by Crippen LogP contribution is 2.41. The van der Waals surface area contributed by atoms with Crippen LogP contribution in [0.4, 0.5) is 4.39 Å². The predicted molar refractivity (Wildman–Crippen MR) is 96.3 cm³/mol. The molecule has 144 valence electrons. The van der Waals surface area contributed by atoms with E-state index < -0.39 is 37.3 Å². The van der Waals surface area contributed by atoms with Gasteiger partial charge in [0, 0.05) is 0 Å². The molecule has 5 nitrogen and oxygen atoms in total. The Morgan fingerprint density at radius 1 is 1.19 bits per heavy atom. The number of rotatable bonds is 6. The Hall–Kier alpha value is -1.63. The Labute approximate surface area is 154 Å². The van der Waals surface area contributed by atoms with Gasteiger partial charge in [-0.2, -0.15) is 0 Å².